The number of urea groups is 1. The molecule has 3 amide bonds. The van der Waals surface area contributed by atoms with Crippen LogP contribution in [-0.4, -0.2) is 79.2 Å². The zero-order valence-corrected chi connectivity index (χ0v) is 18.9. The van der Waals surface area contributed by atoms with Gasteiger partial charge in [0.25, 0.3) is 5.91 Å². The Labute approximate surface area is 187 Å². The molecule has 2 aromatic rings. The van der Waals surface area contributed by atoms with Gasteiger partial charge in [0, 0.05) is 38.6 Å². The van der Waals surface area contributed by atoms with Crippen LogP contribution in [0.1, 0.15) is 30.8 Å². The first kappa shape index (κ1) is 26.2. The number of oxime groups is 1. The highest BCUT2D eigenvalue weighted by molar-refractivity contribution is 5.96. The number of nitrogen functional groups attached to an aromatic ring is 1. The number of ether oxygens (including phenoxy) is 1. The summed E-state index contributed by atoms with van der Waals surface area (Å²) in [6.45, 7) is 8.82. The van der Waals surface area contributed by atoms with Crippen LogP contribution in [0.15, 0.2) is 34.1 Å². The van der Waals surface area contributed by atoms with Crippen molar-refractivity contribution in [1.82, 2.24) is 20.1 Å². The van der Waals surface area contributed by atoms with Crippen molar-refractivity contribution in [2.45, 2.75) is 20.3 Å². The average molecular weight is 450 g/mol. The monoisotopic (exact) mass is 449 g/mol. The number of carbonyl (C=O) groups is 2. The number of carbonyl (C=O) groups excluding carboxylic acids is 2. The topological polar surface area (TPSA) is 148 Å². The smallest absolute Gasteiger partial charge is 0.321 e. The standard InChI is InChI=1S/C16H20N6O4.C2H5NO.C2H6/c1-25-12-5-3-11(4-6-12)18-16(24)22-8-2-7-21(9-10-22)15(23)13-14(17)20-26-19-13;1-3-4-2;1-2/h3-6H,2,7-10H2,1H3,(H2,17,20)(H,18,24);1H2,2H3;1-2H3. The van der Waals surface area contributed by atoms with E-state index >= 15 is 0 Å². The first-order chi connectivity index (χ1) is 15.5. The maximum Gasteiger partial charge on any atom is 0.321 e. The Hall–Kier alpha value is -3.83. The summed E-state index contributed by atoms with van der Waals surface area (Å²) in [5.74, 6) is 0.336. The summed E-state index contributed by atoms with van der Waals surface area (Å²) in [7, 11) is 3.04. The number of nitrogens with zero attached hydrogens (tertiary/aromatic N) is 5. The molecule has 0 atom stereocenters. The maximum absolute atomic E-state index is 12.5. The second-order valence-corrected chi connectivity index (χ2v) is 6.10. The molecule has 1 aromatic carbocycles. The van der Waals surface area contributed by atoms with Gasteiger partial charge in [0.05, 0.1) is 7.11 Å². The van der Waals surface area contributed by atoms with E-state index in [1.165, 1.54) is 7.11 Å². The zero-order chi connectivity index (χ0) is 23.9. The fraction of sp³-hybridized carbons (Fsp3) is 0.450. The predicted molar refractivity (Wildman–Crippen MR) is 121 cm³/mol. The van der Waals surface area contributed by atoms with E-state index in [1.54, 1.807) is 41.2 Å². The number of nitrogens with one attached hydrogen (secondary N) is 1. The lowest BCUT2D eigenvalue weighted by molar-refractivity contribution is 0.0752. The molecule has 1 aromatic heterocycles. The minimum absolute atomic E-state index is 0.00105. The van der Waals surface area contributed by atoms with Gasteiger partial charge >= 0.3 is 6.03 Å². The zero-order valence-electron chi connectivity index (χ0n) is 18.9. The van der Waals surface area contributed by atoms with E-state index in [0.717, 1.165) is 0 Å². The molecule has 0 spiro atoms. The summed E-state index contributed by atoms with van der Waals surface area (Å²) in [5.41, 5.74) is 6.25. The summed E-state index contributed by atoms with van der Waals surface area (Å²) in [4.78, 5) is 32.2. The maximum atomic E-state index is 12.5. The molecule has 0 radical (unpaired) electrons. The molecule has 3 N–H and O–H groups in total. The highest BCUT2D eigenvalue weighted by Gasteiger charge is 2.26. The fourth-order valence-corrected chi connectivity index (χ4v) is 2.69. The van der Waals surface area contributed by atoms with Crippen LogP contribution in [0.4, 0.5) is 16.3 Å². The molecular weight excluding hydrogens is 418 g/mol. The number of nitrogens with two attached hydrogens (primary N) is 1. The SMILES string of the molecule is C=NOC.CC.COc1ccc(NC(=O)N2CCCN(C(=O)c3nonc3N)CC2)cc1. The molecule has 0 bridgehead atoms. The predicted octanol–water partition coefficient (Wildman–Crippen LogP) is 2.32. The van der Waals surface area contributed by atoms with Crippen molar-refractivity contribution in [2.75, 3.05) is 51.4 Å². The van der Waals surface area contributed by atoms with Crippen molar-refractivity contribution in [3.63, 3.8) is 0 Å². The van der Waals surface area contributed by atoms with E-state index in [9.17, 15) is 9.59 Å². The summed E-state index contributed by atoms with van der Waals surface area (Å²) in [6, 6.07) is 6.87. The number of hydrogen-bond acceptors (Lipinski definition) is 9. The third-order valence-corrected chi connectivity index (χ3v) is 4.26. The molecule has 0 aliphatic carbocycles. The molecule has 12 heteroatoms. The molecule has 176 valence electrons. The number of hydrogen-bond donors (Lipinski definition) is 2. The van der Waals surface area contributed by atoms with Gasteiger partial charge < -0.3 is 30.4 Å². The highest BCUT2D eigenvalue weighted by atomic mass is 16.6. The van der Waals surface area contributed by atoms with Crippen molar-refractivity contribution in [3.8, 4) is 5.75 Å². The number of amides is 3. The summed E-state index contributed by atoms with van der Waals surface area (Å²) >= 11 is 0. The van der Waals surface area contributed by atoms with Crippen LogP contribution in [0.25, 0.3) is 0 Å². The molecule has 1 fully saturated rings. The molecule has 1 saturated heterocycles. The van der Waals surface area contributed by atoms with Gasteiger partial charge in [-0.25, -0.2) is 9.42 Å². The second-order valence-electron chi connectivity index (χ2n) is 6.10. The highest BCUT2D eigenvalue weighted by Crippen LogP contribution is 2.16. The van der Waals surface area contributed by atoms with Crippen LogP contribution in [0.5, 0.6) is 5.75 Å². The molecule has 1 aliphatic rings. The molecule has 3 rings (SSSR count). The normalized spacial score (nSPS) is 12.8. The third-order valence-electron chi connectivity index (χ3n) is 4.26. The quantitative estimate of drug-likeness (QED) is 0.533. The Bertz CT molecular complexity index is 841. The van der Waals surface area contributed by atoms with Crippen molar-refractivity contribution < 1.29 is 23.8 Å². The summed E-state index contributed by atoms with van der Waals surface area (Å²) in [6.07, 6.45) is 0.646. The van der Waals surface area contributed by atoms with Gasteiger partial charge in [-0.2, -0.15) is 0 Å². The Morgan fingerprint density at radius 1 is 1.09 bits per heavy atom. The fourth-order valence-electron chi connectivity index (χ4n) is 2.69. The first-order valence-corrected chi connectivity index (χ1v) is 10.1. The molecule has 1 aliphatic heterocycles. The summed E-state index contributed by atoms with van der Waals surface area (Å²) in [5, 5.41) is 12.8. The minimum atomic E-state index is -0.346. The lowest BCUT2D eigenvalue weighted by atomic mass is 10.3. The van der Waals surface area contributed by atoms with Gasteiger partial charge in [-0.3, -0.25) is 4.79 Å². The number of anilines is 2. The van der Waals surface area contributed by atoms with Crippen molar-refractivity contribution in [3.05, 3.63) is 30.0 Å². The molecular formula is C20H31N7O5. The van der Waals surface area contributed by atoms with E-state index in [1.807, 2.05) is 13.8 Å². The van der Waals surface area contributed by atoms with Gasteiger partial charge in [-0.1, -0.05) is 13.8 Å². The van der Waals surface area contributed by atoms with E-state index in [-0.39, 0.29) is 23.5 Å². The molecule has 12 nitrogen and oxygen atoms in total. The van der Waals surface area contributed by atoms with E-state index in [0.29, 0.717) is 44.0 Å². The van der Waals surface area contributed by atoms with Gasteiger partial charge in [-0.15, -0.1) is 5.16 Å². The Morgan fingerprint density at radius 2 is 1.69 bits per heavy atom. The first-order valence-electron chi connectivity index (χ1n) is 10.1. The molecule has 0 unspecified atom stereocenters. The van der Waals surface area contributed by atoms with Crippen molar-refractivity contribution >= 4 is 30.2 Å². The van der Waals surface area contributed by atoms with Gasteiger partial charge in [0.1, 0.15) is 12.9 Å². The molecule has 0 saturated carbocycles. The van der Waals surface area contributed by atoms with Gasteiger partial charge in [0.15, 0.2) is 0 Å². The van der Waals surface area contributed by atoms with Crippen LogP contribution in [-0.2, 0) is 4.84 Å². The number of aromatic nitrogens is 2. The number of rotatable bonds is 4. The van der Waals surface area contributed by atoms with Crippen molar-refractivity contribution in [2.24, 2.45) is 5.16 Å². The lowest BCUT2D eigenvalue weighted by Gasteiger charge is -2.22. The number of benzene rings is 1. The lowest BCUT2D eigenvalue weighted by Crippen LogP contribution is -2.39. The van der Waals surface area contributed by atoms with Crippen LogP contribution in [0.3, 0.4) is 0 Å². The third kappa shape index (κ3) is 7.78. The van der Waals surface area contributed by atoms with Crippen LogP contribution in [0.2, 0.25) is 0 Å². The Kier molecular flexibility index (Phi) is 11.6. The van der Waals surface area contributed by atoms with Gasteiger partial charge in [-0.05, 0) is 41.0 Å². The van der Waals surface area contributed by atoms with Crippen LogP contribution < -0.4 is 15.8 Å². The van der Waals surface area contributed by atoms with Crippen molar-refractivity contribution in [1.29, 1.82) is 0 Å². The number of methoxy groups -OCH3 is 1. The second kappa shape index (κ2) is 14.2. The van der Waals surface area contributed by atoms with E-state index in [4.69, 9.17) is 10.5 Å². The van der Waals surface area contributed by atoms with Gasteiger partial charge in [0.2, 0.25) is 11.5 Å². The molecule has 32 heavy (non-hydrogen) atoms. The Morgan fingerprint density at radius 3 is 2.22 bits per heavy atom. The average Bonchev–Trinajstić information content (AvgIpc) is 3.10. The largest absolute Gasteiger partial charge is 0.497 e. The molecule has 2 heterocycles. The minimum Gasteiger partial charge on any atom is -0.497 e. The van der Waals surface area contributed by atoms with Crippen LogP contribution >= 0.6 is 0 Å². The summed E-state index contributed by atoms with van der Waals surface area (Å²) < 4.78 is 9.57. The van der Waals surface area contributed by atoms with E-state index < -0.39 is 0 Å². The van der Waals surface area contributed by atoms with E-state index in [2.05, 4.69) is 37.0 Å². The Balaban J connectivity index is 0.000000769. The van der Waals surface area contributed by atoms with Crippen LogP contribution in [0, 0.1) is 0 Å².